The molecule has 0 aliphatic heterocycles. The lowest BCUT2D eigenvalue weighted by molar-refractivity contribution is -0.143. The molecular weight excluding hydrogens is 520 g/mol. The molecular formula is C32H50N4O5. The highest BCUT2D eigenvalue weighted by molar-refractivity contribution is 5.94. The quantitative estimate of drug-likeness (QED) is 0.150. The lowest BCUT2D eigenvalue weighted by atomic mass is 9.99. The maximum absolute atomic E-state index is 13.6. The largest absolute Gasteiger partial charge is 0.480 e. The summed E-state index contributed by atoms with van der Waals surface area (Å²) in [7, 11) is 0. The summed E-state index contributed by atoms with van der Waals surface area (Å²) < 4.78 is 0. The van der Waals surface area contributed by atoms with Gasteiger partial charge in [0.1, 0.15) is 18.1 Å². The number of carboxylic acid groups (broad SMARTS) is 1. The van der Waals surface area contributed by atoms with E-state index in [1.54, 1.807) is 13.8 Å². The summed E-state index contributed by atoms with van der Waals surface area (Å²) in [5, 5.41) is 18.8. The van der Waals surface area contributed by atoms with E-state index < -0.39 is 35.9 Å². The minimum atomic E-state index is -1.13. The van der Waals surface area contributed by atoms with Gasteiger partial charge in [0.25, 0.3) is 0 Å². The van der Waals surface area contributed by atoms with Gasteiger partial charge in [0.15, 0.2) is 0 Å². The number of rotatable bonds is 19. The van der Waals surface area contributed by atoms with Gasteiger partial charge in [-0.1, -0.05) is 91.3 Å². The zero-order chi connectivity index (χ0) is 30.4. The van der Waals surface area contributed by atoms with Crippen molar-refractivity contribution in [3.05, 3.63) is 36.0 Å². The van der Waals surface area contributed by atoms with Gasteiger partial charge >= 0.3 is 5.97 Å². The second-order valence-electron chi connectivity index (χ2n) is 11.8. The molecule has 0 saturated heterocycles. The summed E-state index contributed by atoms with van der Waals surface area (Å²) in [4.78, 5) is 54.6. The zero-order valence-electron chi connectivity index (χ0n) is 25.4. The average Bonchev–Trinajstić information content (AvgIpc) is 3.32. The Morgan fingerprint density at radius 3 is 2.10 bits per heavy atom. The number of carboxylic acids is 1. The molecule has 9 nitrogen and oxygen atoms in total. The Kier molecular flexibility index (Phi) is 14.4. The van der Waals surface area contributed by atoms with Crippen LogP contribution < -0.4 is 16.0 Å². The summed E-state index contributed by atoms with van der Waals surface area (Å²) in [5.74, 6) is -2.61. The van der Waals surface area contributed by atoms with Crippen LogP contribution in [0, 0.1) is 11.8 Å². The number of aromatic nitrogens is 1. The van der Waals surface area contributed by atoms with Crippen LogP contribution in [0.25, 0.3) is 10.9 Å². The van der Waals surface area contributed by atoms with E-state index in [4.69, 9.17) is 0 Å². The highest BCUT2D eigenvalue weighted by Gasteiger charge is 2.31. The smallest absolute Gasteiger partial charge is 0.326 e. The van der Waals surface area contributed by atoms with Crippen molar-refractivity contribution in [1.29, 1.82) is 0 Å². The van der Waals surface area contributed by atoms with Gasteiger partial charge in [0.2, 0.25) is 17.7 Å². The molecule has 0 spiro atoms. The number of fused-ring (bicyclic) bond motifs is 1. The number of carbonyl (C=O) groups is 4. The molecule has 228 valence electrons. The second kappa shape index (κ2) is 17.5. The molecule has 0 fully saturated rings. The van der Waals surface area contributed by atoms with E-state index in [1.165, 1.54) is 25.7 Å². The van der Waals surface area contributed by atoms with Crippen molar-refractivity contribution in [2.24, 2.45) is 11.8 Å². The fraction of sp³-hybridized carbons (Fsp3) is 0.625. The predicted molar refractivity (Wildman–Crippen MR) is 162 cm³/mol. The molecule has 0 aliphatic carbocycles. The molecule has 0 unspecified atom stereocenters. The molecule has 0 aliphatic rings. The number of para-hydroxylation sites is 1. The molecule has 1 aromatic heterocycles. The Labute approximate surface area is 244 Å². The standard InChI is InChI=1S/C32H50N4O5/c1-6-7-8-9-10-11-12-17-28(37)34-27(19-23-20-33-25-16-14-13-15-24(23)25)30(38)35-26(18-21(2)3)31(39)36-29(22(4)5)32(40)41/h13-16,20-22,26-27,29,33H,6-12,17-19H2,1-5H3,(H,34,37)(H,35,38)(H,36,39)(H,40,41)/t26-,27-,29-/m0/s1. The number of benzene rings is 1. The third kappa shape index (κ3) is 11.6. The summed E-state index contributed by atoms with van der Waals surface area (Å²) in [6.07, 6.45) is 10.4. The van der Waals surface area contributed by atoms with Gasteiger partial charge in [-0.3, -0.25) is 14.4 Å². The summed E-state index contributed by atoms with van der Waals surface area (Å²) >= 11 is 0. The van der Waals surface area contributed by atoms with E-state index in [2.05, 4.69) is 27.9 Å². The molecule has 41 heavy (non-hydrogen) atoms. The number of unbranched alkanes of at least 4 members (excludes halogenated alkanes) is 6. The molecule has 0 radical (unpaired) electrons. The first-order chi connectivity index (χ1) is 19.5. The molecule has 2 rings (SSSR count). The fourth-order valence-electron chi connectivity index (χ4n) is 4.98. The van der Waals surface area contributed by atoms with Crippen molar-refractivity contribution in [3.63, 3.8) is 0 Å². The van der Waals surface area contributed by atoms with Crippen LogP contribution in [0.5, 0.6) is 0 Å². The van der Waals surface area contributed by atoms with Crippen molar-refractivity contribution in [1.82, 2.24) is 20.9 Å². The number of H-pyrrole nitrogens is 1. The van der Waals surface area contributed by atoms with Crippen LogP contribution >= 0.6 is 0 Å². The molecule has 9 heteroatoms. The Morgan fingerprint density at radius 1 is 0.829 bits per heavy atom. The summed E-state index contributed by atoms with van der Waals surface area (Å²) in [6, 6.07) is 4.85. The average molecular weight is 571 g/mol. The molecule has 3 amide bonds. The van der Waals surface area contributed by atoms with E-state index in [1.807, 2.05) is 44.3 Å². The van der Waals surface area contributed by atoms with Crippen LogP contribution in [0.4, 0.5) is 0 Å². The Balaban J connectivity index is 2.16. The molecule has 0 bridgehead atoms. The van der Waals surface area contributed by atoms with Crippen LogP contribution in [-0.2, 0) is 25.6 Å². The molecule has 5 N–H and O–H groups in total. The van der Waals surface area contributed by atoms with Gasteiger partial charge in [0.05, 0.1) is 0 Å². The van der Waals surface area contributed by atoms with E-state index in [0.717, 1.165) is 35.7 Å². The Bertz CT molecular complexity index is 1130. The second-order valence-corrected chi connectivity index (χ2v) is 11.8. The SMILES string of the molecule is CCCCCCCCCC(=O)N[C@@H](Cc1c[nH]c2ccccc12)C(=O)N[C@@H](CC(C)C)C(=O)N[C@H](C(=O)O)C(C)C. The molecule has 2 aromatic rings. The number of carbonyl (C=O) groups excluding carboxylic acids is 3. The number of hydrogen-bond acceptors (Lipinski definition) is 4. The van der Waals surface area contributed by atoms with Gasteiger partial charge in [-0.05, 0) is 36.3 Å². The monoisotopic (exact) mass is 570 g/mol. The van der Waals surface area contributed by atoms with Crippen molar-refractivity contribution >= 4 is 34.6 Å². The molecule has 3 atom stereocenters. The van der Waals surface area contributed by atoms with E-state index in [-0.39, 0.29) is 24.2 Å². The van der Waals surface area contributed by atoms with Crippen molar-refractivity contribution in [2.75, 3.05) is 0 Å². The number of hydrogen-bond donors (Lipinski definition) is 5. The maximum atomic E-state index is 13.6. The first-order valence-electron chi connectivity index (χ1n) is 15.2. The fourth-order valence-corrected chi connectivity index (χ4v) is 4.98. The first kappa shape index (κ1) is 33.8. The maximum Gasteiger partial charge on any atom is 0.326 e. The van der Waals surface area contributed by atoms with Crippen LogP contribution in [0.2, 0.25) is 0 Å². The third-order valence-corrected chi connectivity index (χ3v) is 7.33. The van der Waals surface area contributed by atoms with Crippen LogP contribution in [0.3, 0.4) is 0 Å². The van der Waals surface area contributed by atoms with Crippen LogP contribution in [-0.4, -0.2) is 51.9 Å². The van der Waals surface area contributed by atoms with Gasteiger partial charge < -0.3 is 26.0 Å². The minimum Gasteiger partial charge on any atom is -0.480 e. The number of aromatic amines is 1. The van der Waals surface area contributed by atoms with E-state index in [0.29, 0.717) is 12.8 Å². The Morgan fingerprint density at radius 2 is 1.46 bits per heavy atom. The van der Waals surface area contributed by atoms with Crippen LogP contribution in [0.1, 0.15) is 98.0 Å². The van der Waals surface area contributed by atoms with E-state index in [9.17, 15) is 24.3 Å². The normalized spacial score (nSPS) is 13.6. The van der Waals surface area contributed by atoms with Gasteiger partial charge in [-0.25, -0.2) is 4.79 Å². The highest BCUT2D eigenvalue weighted by Crippen LogP contribution is 2.20. The number of amides is 3. The van der Waals surface area contributed by atoms with Crippen molar-refractivity contribution in [3.8, 4) is 0 Å². The predicted octanol–water partition coefficient (Wildman–Crippen LogP) is 5.09. The Hall–Kier alpha value is -3.36. The van der Waals surface area contributed by atoms with Gasteiger partial charge in [-0.2, -0.15) is 0 Å². The lowest BCUT2D eigenvalue weighted by Crippen LogP contribution is -2.57. The number of aliphatic carboxylic acids is 1. The minimum absolute atomic E-state index is 0.0624. The molecule has 1 aromatic carbocycles. The zero-order valence-corrected chi connectivity index (χ0v) is 25.4. The number of nitrogens with one attached hydrogen (secondary N) is 4. The summed E-state index contributed by atoms with van der Waals surface area (Å²) in [5.41, 5.74) is 1.81. The van der Waals surface area contributed by atoms with E-state index >= 15 is 0 Å². The van der Waals surface area contributed by atoms with Crippen LogP contribution in [0.15, 0.2) is 30.5 Å². The molecule has 0 saturated carbocycles. The van der Waals surface area contributed by atoms with Gasteiger partial charge in [-0.15, -0.1) is 0 Å². The summed E-state index contributed by atoms with van der Waals surface area (Å²) in [6.45, 7) is 9.47. The highest BCUT2D eigenvalue weighted by atomic mass is 16.4. The molecule has 1 heterocycles. The van der Waals surface area contributed by atoms with Crippen molar-refractivity contribution < 1.29 is 24.3 Å². The topological polar surface area (TPSA) is 140 Å². The first-order valence-corrected chi connectivity index (χ1v) is 15.2. The lowest BCUT2D eigenvalue weighted by Gasteiger charge is -2.26. The van der Waals surface area contributed by atoms with Gasteiger partial charge in [0, 0.05) is 29.9 Å². The third-order valence-electron chi connectivity index (χ3n) is 7.33. The van der Waals surface area contributed by atoms with Crippen molar-refractivity contribution in [2.45, 2.75) is 117 Å².